The summed E-state index contributed by atoms with van der Waals surface area (Å²) in [5.74, 6) is 0.794. The molecular formula is C20H29ClN2O4. The second kappa shape index (κ2) is 13.2. The minimum Gasteiger partial charge on any atom is -0.619 e. The highest BCUT2D eigenvalue weighted by Crippen LogP contribution is 2.15. The van der Waals surface area contributed by atoms with Crippen LogP contribution in [0.25, 0.3) is 0 Å². The van der Waals surface area contributed by atoms with E-state index >= 15 is 0 Å². The van der Waals surface area contributed by atoms with Gasteiger partial charge in [0.1, 0.15) is 5.75 Å². The number of aliphatic hydroxyl groups excluding tert-OH is 1. The molecule has 0 aliphatic carbocycles. The number of pyridine rings is 2. The van der Waals surface area contributed by atoms with E-state index in [-0.39, 0.29) is 0 Å². The minimum absolute atomic E-state index is 0.302. The van der Waals surface area contributed by atoms with Crippen LogP contribution in [0.3, 0.4) is 0 Å². The van der Waals surface area contributed by atoms with E-state index in [0.717, 1.165) is 52.0 Å². The number of hydrogen-bond donors (Lipinski definition) is 1. The van der Waals surface area contributed by atoms with Crippen molar-refractivity contribution in [3.63, 3.8) is 0 Å². The molecule has 2 rings (SSSR count). The van der Waals surface area contributed by atoms with E-state index in [4.69, 9.17) is 21.4 Å². The van der Waals surface area contributed by atoms with Crippen LogP contribution < -0.4 is 14.2 Å². The molecule has 0 aliphatic rings. The number of nitrogens with zero attached hydrogens (tertiary/aromatic N) is 2. The molecule has 150 valence electrons. The van der Waals surface area contributed by atoms with Crippen molar-refractivity contribution in [3.05, 3.63) is 63.5 Å². The van der Waals surface area contributed by atoms with Gasteiger partial charge in [0.05, 0.1) is 17.2 Å². The van der Waals surface area contributed by atoms with Crippen LogP contribution in [0.5, 0.6) is 5.75 Å². The first kappa shape index (κ1) is 23.0. The summed E-state index contributed by atoms with van der Waals surface area (Å²) in [5.41, 5.74) is 1.67. The Bertz CT molecular complexity index is 683. The molecule has 0 unspecified atom stereocenters. The molecule has 7 heteroatoms. The lowest BCUT2D eigenvalue weighted by molar-refractivity contribution is -0.605. The number of hydrogen-bond acceptors (Lipinski definition) is 4. The third kappa shape index (κ3) is 10.0. The number of rotatable bonds is 9. The van der Waals surface area contributed by atoms with Gasteiger partial charge < -0.3 is 20.3 Å². The maximum absolute atomic E-state index is 11.0. The van der Waals surface area contributed by atoms with Crippen molar-refractivity contribution in [2.45, 2.75) is 52.4 Å². The van der Waals surface area contributed by atoms with Crippen molar-refractivity contribution >= 4 is 11.6 Å². The fourth-order valence-corrected chi connectivity index (χ4v) is 2.51. The smallest absolute Gasteiger partial charge is 0.186 e. The molecule has 2 aromatic heterocycles. The Labute approximate surface area is 166 Å². The molecule has 0 aliphatic heterocycles. The Balaban J connectivity index is 0.000000337. The van der Waals surface area contributed by atoms with E-state index in [1.807, 2.05) is 6.92 Å². The monoisotopic (exact) mass is 396 g/mol. The van der Waals surface area contributed by atoms with Gasteiger partial charge in [-0.25, -0.2) is 0 Å². The van der Waals surface area contributed by atoms with Gasteiger partial charge in [-0.15, -0.1) is 0 Å². The van der Waals surface area contributed by atoms with Crippen LogP contribution in [-0.4, -0.2) is 18.3 Å². The highest BCUT2D eigenvalue weighted by Gasteiger charge is 2.02. The number of ether oxygens (including phenoxy) is 1. The Morgan fingerprint density at radius 2 is 1.44 bits per heavy atom. The van der Waals surface area contributed by atoms with E-state index in [1.54, 1.807) is 19.1 Å². The highest BCUT2D eigenvalue weighted by atomic mass is 35.5. The first-order valence-electron chi connectivity index (χ1n) is 9.22. The van der Waals surface area contributed by atoms with Crippen molar-refractivity contribution in [3.8, 4) is 5.75 Å². The normalized spacial score (nSPS) is 10.2. The lowest BCUT2D eigenvalue weighted by atomic mass is 10.1. The molecule has 0 atom stereocenters. The molecule has 27 heavy (non-hydrogen) atoms. The standard InChI is InChI=1S/C14H23NO3.C6H6ClNO/c1-13-12-15(17)9-8-14(13)18-11-7-5-3-2-4-6-10-16;1-5-4-8(9)3-2-6(5)7/h8-9,12,16H,2-7,10-11H2,1H3;2-4H,1H3. The van der Waals surface area contributed by atoms with E-state index in [2.05, 4.69) is 0 Å². The van der Waals surface area contributed by atoms with Crippen molar-refractivity contribution in [2.75, 3.05) is 13.2 Å². The van der Waals surface area contributed by atoms with Gasteiger partial charge in [-0.05, 0) is 26.7 Å². The van der Waals surface area contributed by atoms with Crippen LogP contribution in [0.4, 0.5) is 0 Å². The number of aryl methyl sites for hydroxylation is 2. The second-order valence-corrected chi connectivity index (χ2v) is 6.79. The minimum atomic E-state index is 0.302. The van der Waals surface area contributed by atoms with Crippen LogP contribution in [0.1, 0.15) is 49.7 Å². The predicted octanol–water partition coefficient (Wildman–Crippen LogP) is 3.62. The maximum Gasteiger partial charge on any atom is 0.186 e. The lowest BCUT2D eigenvalue weighted by Crippen LogP contribution is -2.24. The largest absolute Gasteiger partial charge is 0.619 e. The number of halogens is 1. The summed E-state index contributed by atoms with van der Waals surface area (Å²) in [4.78, 5) is 0. The van der Waals surface area contributed by atoms with Gasteiger partial charge in [-0.1, -0.05) is 37.3 Å². The van der Waals surface area contributed by atoms with E-state index in [1.165, 1.54) is 37.6 Å². The Hall–Kier alpha value is -2.05. The molecule has 0 amide bonds. The molecule has 0 radical (unpaired) electrons. The van der Waals surface area contributed by atoms with Gasteiger partial charge in [-0.2, -0.15) is 9.46 Å². The first-order chi connectivity index (χ1) is 12.9. The summed E-state index contributed by atoms with van der Waals surface area (Å²) in [5, 5.41) is 30.7. The molecule has 0 aromatic carbocycles. The van der Waals surface area contributed by atoms with Crippen LogP contribution in [-0.2, 0) is 0 Å². The van der Waals surface area contributed by atoms with Crippen LogP contribution in [0, 0.1) is 24.3 Å². The Morgan fingerprint density at radius 3 is 2.00 bits per heavy atom. The Kier molecular flexibility index (Phi) is 11.2. The van der Waals surface area contributed by atoms with E-state index in [9.17, 15) is 10.4 Å². The van der Waals surface area contributed by atoms with E-state index < -0.39 is 0 Å². The summed E-state index contributed by atoms with van der Waals surface area (Å²) in [6.45, 7) is 4.66. The first-order valence-corrected chi connectivity index (χ1v) is 9.60. The van der Waals surface area contributed by atoms with Crippen molar-refractivity contribution in [1.82, 2.24) is 0 Å². The quantitative estimate of drug-likeness (QED) is 0.398. The topological polar surface area (TPSA) is 83.3 Å². The average Bonchev–Trinajstić information content (AvgIpc) is 2.63. The SMILES string of the molecule is Cc1c[n+]([O-])ccc1Cl.Cc1c[n+]([O-])ccc1OCCCCCCCCO. The van der Waals surface area contributed by atoms with Gasteiger partial charge >= 0.3 is 0 Å². The molecule has 2 heterocycles. The van der Waals surface area contributed by atoms with Gasteiger partial charge in [0.2, 0.25) is 0 Å². The summed E-state index contributed by atoms with van der Waals surface area (Å²) in [7, 11) is 0. The van der Waals surface area contributed by atoms with Gasteiger partial charge in [0.25, 0.3) is 0 Å². The zero-order valence-corrected chi connectivity index (χ0v) is 16.8. The molecule has 1 N–H and O–H groups in total. The van der Waals surface area contributed by atoms with Crippen molar-refractivity contribution in [2.24, 2.45) is 0 Å². The fraction of sp³-hybridized carbons (Fsp3) is 0.500. The molecule has 2 aromatic rings. The van der Waals surface area contributed by atoms with Crippen molar-refractivity contribution < 1.29 is 19.3 Å². The van der Waals surface area contributed by atoms with Crippen molar-refractivity contribution in [1.29, 1.82) is 0 Å². The third-order valence-electron chi connectivity index (χ3n) is 3.96. The second-order valence-electron chi connectivity index (χ2n) is 6.38. The number of aliphatic hydroxyl groups is 1. The molecule has 0 saturated heterocycles. The summed E-state index contributed by atoms with van der Waals surface area (Å²) in [6, 6.07) is 3.29. The van der Waals surface area contributed by atoms with E-state index in [0.29, 0.717) is 18.2 Å². The highest BCUT2D eigenvalue weighted by molar-refractivity contribution is 6.31. The predicted molar refractivity (Wildman–Crippen MR) is 106 cm³/mol. The fourth-order valence-electron chi connectivity index (χ4n) is 2.40. The molecular weight excluding hydrogens is 368 g/mol. The molecule has 6 nitrogen and oxygen atoms in total. The lowest BCUT2D eigenvalue weighted by Gasteiger charge is -2.08. The molecule has 0 spiro atoms. The number of unbranched alkanes of at least 4 members (excludes halogenated alkanes) is 5. The maximum atomic E-state index is 11.0. The zero-order valence-electron chi connectivity index (χ0n) is 16.1. The number of aromatic nitrogens is 2. The average molecular weight is 397 g/mol. The van der Waals surface area contributed by atoms with Crippen LogP contribution in [0.15, 0.2) is 36.9 Å². The molecule has 0 bridgehead atoms. The van der Waals surface area contributed by atoms with Crippen LogP contribution >= 0.6 is 11.6 Å². The third-order valence-corrected chi connectivity index (χ3v) is 4.38. The molecule has 0 saturated carbocycles. The zero-order chi connectivity index (χ0) is 20.1. The summed E-state index contributed by atoms with van der Waals surface area (Å²) >= 11 is 5.63. The summed E-state index contributed by atoms with van der Waals surface area (Å²) < 4.78 is 7.13. The van der Waals surface area contributed by atoms with Gasteiger partial charge in [0.15, 0.2) is 24.8 Å². The van der Waals surface area contributed by atoms with Crippen LogP contribution in [0.2, 0.25) is 5.02 Å². The Morgan fingerprint density at radius 1 is 0.889 bits per heavy atom. The molecule has 0 fully saturated rings. The van der Waals surface area contributed by atoms with Gasteiger partial charge in [-0.3, -0.25) is 0 Å². The summed E-state index contributed by atoms with van der Waals surface area (Å²) in [6.07, 6.45) is 12.4. The van der Waals surface area contributed by atoms with Gasteiger partial charge in [0, 0.05) is 24.3 Å².